The van der Waals surface area contributed by atoms with Crippen LogP contribution < -0.4 is 14.2 Å². The van der Waals surface area contributed by atoms with Crippen LogP contribution in [0.15, 0.2) is 72.9 Å². The lowest BCUT2D eigenvalue weighted by molar-refractivity contribution is -0.151. The quantitative estimate of drug-likeness (QED) is 0.129. The van der Waals surface area contributed by atoms with E-state index >= 15 is 0 Å². The van der Waals surface area contributed by atoms with Crippen molar-refractivity contribution in [1.29, 1.82) is 0 Å². The third kappa shape index (κ3) is 9.72. The summed E-state index contributed by atoms with van der Waals surface area (Å²) in [6, 6.07) is 19.0. The zero-order valence-electron chi connectivity index (χ0n) is 30.8. The van der Waals surface area contributed by atoms with Gasteiger partial charge in [0.1, 0.15) is 11.6 Å². The number of hydrazine groups is 1. The molecule has 0 fully saturated rings. The lowest BCUT2D eigenvalue weighted by Crippen LogP contribution is -2.61. The Morgan fingerprint density at radius 3 is 2.06 bits per heavy atom. The first-order valence-corrected chi connectivity index (χ1v) is 16.9. The molecule has 4 aromatic rings. The Morgan fingerprint density at radius 2 is 1.49 bits per heavy atom. The summed E-state index contributed by atoms with van der Waals surface area (Å²) in [7, 11) is 6.27. The fraction of sp³-hybridized carbons (Fsp3) is 0.410. The van der Waals surface area contributed by atoms with Crippen molar-refractivity contribution in [3.63, 3.8) is 0 Å². The predicted octanol–water partition coefficient (Wildman–Crippen LogP) is 6.32. The van der Waals surface area contributed by atoms with Crippen molar-refractivity contribution in [3.8, 4) is 17.2 Å². The first-order valence-electron chi connectivity index (χ1n) is 16.9. The molecular formula is C39H50N4O8. The Hall–Kier alpha value is -5.23. The number of fused-ring (bicyclic) bond motifs is 1. The van der Waals surface area contributed by atoms with Crippen molar-refractivity contribution in [2.75, 3.05) is 34.9 Å². The Labute approximate surface area is 299 Å². The number of amides is 2. The van der Waals surface area contributed by atoms with Crippen LogP contribution in [-0.2, 0) is 33.7 Å². The smallest absolute Gasteiger partial charge is 0.425 e. The standard InChI is InChI=1S/C39H50N4O8/c1-9-42(43(38(47)51-39(2,3)4)29(23-35(44)45)22-28-24-40-31-18-14-13-17-30(28)31)32(19-26-15-11-10-12-16-26)37(46)41(5)25-27-20-33(48-6)36(50-8)34(21-27)49-7/h10-18,20-21,24,29,32,40H,9,19,22-23,25H2,1-8H3,(H,44,45). The number of likely N-dealkylation sites (N-methyl/N-ethyl adjacent to an activating group) is 2. The number of aliphatic carboxylic acids is 1. The van der Waals surface area contributed by atoms with E-state index in [0.717, 1.165) is 27.6 Å². The molecule has 1 heterocycles. The minimum atomic E-state index is -1.09. The minimum Gasteiger partial charge on any atom is -0.493 e. The molecule has 12 nitrogen and oxygen atoms in total. The van der Waals surface area contributed by atoms with E-state index in [2.05, 4.69) is 4.98 Å². The van der Waals surface area contributed by atoms with Gasteiger partial charge in [-0.05, 0) is 68.5 Å². The van der Waals surface area contributed by atoms with Crippen LogP contribution in [0.2, 0.25) is 0 Å². The van der Waals surface area contributed by atoms with Gasteiger partial charge in [-0.3, -0.25) is 9.59 Å². The van der Waals surface area contributed by atoms with Crippen LogP contribution in [0, 0.1) is 0 Å². The number of aromatic amines is 1. The predicted molar refractivity (Wildman–Crippen MR) is 195 cm³/mol. The first-order chi connectivity index (χ1) is 24.3. The van der Waals surface area contributed by atoms with E-state index in [0.29, 0.717) is 17.2 Å². The fourth-order valence-electron chi connectivity index (χ4n) is 6.29. The SMILES string of the molecule is CCN(C(Cc1ccccc1)C(=O)N(C)Cc1cc(OC)c(OC)c(OC)c1)N(C(=O)OC(C)(C)C)C(CC(=O)O)Cc1c[nH]c2ccccc12. The fourth-order valence-corrected chi connectivity index (χ4v) is 6.29. The molecule has 4 rings (SSSR count). The molecule has 2 amide bonds. The maximum atomic E-state index is 14.7. The number of H-pyrrole nitrogens is 1. The summed E-state index contributed by atoms with van der Waals surface area (Å²) in [6.07, 6.45) is 1.14. The molecule has 274 valence electrons. The number of aromatic nitrogens is 1. The molecule has 0 bridgehead atoms. The Morgan fingerprint density at radius 1 is 0.863 bits per heavy atom. The van der Waals surface area contributed by atoms with Crippen LogP contribution in [0.5, 0.6) is 17.2 Å². The maximum absolute atomic E-state index is 14.7. The molecule has 0 saturated heterocycles. The second-order valence-corrected chi connectivity index (χ2v) is 13.3. The Kier molecular flexibility index (Phi) is 13.0. The monoisotopic (exact) mass is 702 g/mol. The molecule has 0 aliphatic carbocycles. The number of benzene rings is 3. The van der Waals surface area contributed by atoms with E-state index in [1.165, 1.54) is 26.3 Å². The van der Waals surface area contributed by atoms with E-state index in [1.807, 2.05) is 67.7 Å². The van der Waals surface area contributed by atoms with E-state index in [1.54, 1.807) is 49.9 Å². The highest BCUT2D eigenvalue weighted by Crippen LogP contribution is 2.38. The van der Waals surface area contributed by atoms with Crippen LogP contribution in [0.25, 0.3) is 10.9 Å². The summed E-state index contributed by atoms with van der Waals surface area (Å²) < 4.78 is 22.5. The highest BCUT2D eigenvalue weighted by atomic mass is 16.6. The summed E-state index contributed by atoms with van der Waals surface area (Å²) in [4.78, 5) is 46.3. The molecular weight excluding hydrogens is 652 g/mol. The second kappa shape index (κ2) is 17.1. The van der Waals surface area contributed by atoms with Gasteiger partial charge in [-0.1, -0.05) is 55.5 Å². The highest BCUT2D eigenvalue weighted by molar-refractivity contribution is 5.84. The molecule has 0 radical (unpaired) electrons. The largest absolute Gasteiger partial charge is 0.493 e. The molecule has 2 atom stereocenters. The van der Waals surface area contributed by atoms with Gasteiger partial charge >= 0.3 is 12.1 Å². The van der Waals surface area contributed by atoms with Crippen LogP contribution >= 0.6 is 0 Å². The van der Waals surface area contributed by atoms with Crippen molar-refractivity contribution in [2.45, 2.75) is 71.2 Å². The number of carbonyl (C=O) groups excluding carboxylic acids is 2. The number of ether oxygens (including phenoxy) is 4. The van der Waals surface area contributed by atoms with E-state index < -0.39 is 29.7 Å². The number of para-hydroxylation sites is 1. The molecule has 51 heavy (non-hydrogen) atoms. The molecule has 1 aromatic heterocycles. The van der Waals surface area contributed by atoms with Gasteiger partial charge in [-0.15, -0.1) is 0 Å². The lowest BCUT2D eigenvalue weighted by Gasteiger charge is -2.44. The number of carboxylic acids is 1. The third-order valence-electron chi connectivity index (χ3n) is 8.51. The second-order valence-electron chi connectivity index (χ2n) is 13.3. The van der Waals surface area contributed by atoms with Crippen molar-refractivity contribution in [2.24, 2.45) is 0 Å². The summed E-state index contributed by atoms with van der Waals surface area (Å²) in [6.45, 7) is 7.48. The molecule has 2 N–H and O–H groups in total. The topological polar surface area (TPSA) is 134 Å². The average molecular weight is 703 g/mol. The maximum Gasteiger partial charge on any atom is 0.425 e. The molecule has 12 heteroatoms. The number of nitrogens with zero attached hydrogens (tertiary/aromatic N) is 3. The Bertz CT molecular complexity index is 1760. The molecule has 3 aromatic carbocycles. The summed E-state index contributed by atoms with van der Waals surface area (Å²) in [5.74, 6) is -0.0363. The molecule has 0 spiro atoms. The number of carbonyl (C=O) groups is 3. The zero-order chi connectivity index (χ0) is 37.3. The normalized spacial score (nSPS) is 12.6. The summed E-state index contributed by atoms with van der Waals surface area (Å²) in [5, 5.41) is 14.1. The van der Waals surface area contributed by atoms with Gasteiger partial charge in [0.15, 0.2) is 11.5 Å². The van der Waals surface area contributed by atoms with Crippen molar-refractivity contribution >= 4 is 28.9 Å². The van der Waals surface area contributed by atoms with E-state index in [4.69, 9.17) is 18.9 Å². The number of hydrogen-bond donors (Lipinski definition) is 2. The lowest BCUT2D eigenvalue weighted by atomic mass is 10.0. The van der Waals surface area contributed by atoms with Crippen molar-refractivity contribution in [3.05, 3.63) is 89.6 Å². The van der Waals surface area contributed by atoms with Gasteiger partial charge in [-0.2, -0.15) is 0 Å². The van der Waals surface area contributed by atoms with Gasteiger partial charge in [0.05, 0.1) is 33.8 Å². The zero-order valence-corrected chi connectivity index (χ0v) is 30.8. The van der Waals surface area contributed by atoms with E-state index in [9.17, 15) is 19.5 Å². The molecule has 0 saturated carbocycles. The average Bonchev–Trinajstić information content (AvgIpc) is 3.50. The van der Waals surface area contributed by atoms with Gasteiger partial charge in [0.2, 0.25) is 11.7 Å². The van der Waals surface area contributed by atoms with Gasteiger partial charge in [0.25, 0.3) is 0 Å². The first kappa shape index (κ1) is 38.6. The summed E-state index contributed by atoms with van der Waals surface area (Å²) in [5.41, 5.74) is 2.43. The van der Waals surface area contributed by atoms with Crippen LogP contribution in [0.1, 0.15) is 50.8 Å². The molecule has 0 aliphatic heterocycles. The molecule has 2 unspecified atom stereocenters. The third-order valence-corrected chi connectivity index (χ3v) is 8.51. The van der Waals surface area contributed by atoms with Crippen LogP contribution in [0.4, 0.5) is 4.79 Å². The Balaban J connectivity index is 1.81. The van der Waals surface area contributed by atoms with E-state index in [-0.39, 0.29) is 38.3 Å². The number of nitrogens with one attached hydrogen (secondary N) is 1. The number of methoxy groups -OCH3 is 3. The van der Waals surface area contributed by atoms with Crippen molar-refractivity contribution < 1.29 is 38.4 Å². The van der Waals surface area contributed by atoms with Gasteiger partial charge in [0, 0.05) is 37.2 Å². The number of carboxylic acid groups (broad SMARTS) is 1. The van der Waals surface area contributed by atoms with Crippen LogP contribution in [-0.4, -0.2) is 95.6 Å². The summed E-state index contributed by atoms with van der Waals surface area (Å²) >= 11 is 0. The van der Waals surface area contributed by atoms with Gasteiger partial charge < -0.3 is 33.9 Å². The van der Waals surface area contributed by atoms with Crippen LogP contribution in [0.3, 0.4) is 0 Å². The molecule has 0 aliphatic rings. The minimum absolute atomic E-state index is 0.179. The highest BCUT2D eigenvalue weighted by Gasteiger charge is 2.40. The van der Waals surface area contributed by atoms with Gasteiger partial charge in [-0.25, -0.2) is 14.8 Å². The number of rotatable bonds is 16. The number of hydrogen-bond acceptors (Lipinski definition) is 8. The van der Waals surface area contributed by atoms with Crippen molar-refractivity contribution in [1.82, 2.24) is 19.9 Å².